The smallest absolute Gasteiger partial charge is 0.127 e. The van der Waals surface area contributed by atoms with Gasteiger partial charge in [0.15, 0.2) is 0 Å². The van der Waals surface area contributed by atoms with Gasteiger partial charge in [-0.1, -0.05) is 29.8 Å². The first-order valence-electron chi connectivity index (χ1n) is 9.24. The maximum atomic E-state index is 14.0. The van der Waals surface area contributed by atoms with Crippen LogP contribution in [0, 0.1) is 5.82 Å². The molecule has 0 bridgehead atoms. The SMILES string of the molecule is O[C@@H](COc1ccc(Cl)cc1)CN(Cc1ccccc1F)C[C@H]1CCCO1. The lowest BCUT2D eigenvalue weighted by Crippen LogP contribution is -2.39. The van der Waals surface area contributed by atoms with Crippen LogP contribution >= 0.6 is 11.6 Å². The summed E-state index contributed by atoms with van der Waals surface area (Å²) in [4.78, 5) is 2.03. The summed E-state index contributed by atoms with van der Waals surface area (Å²) in [7, 11) is 0. The molecule has 0 aromatic heterocycles. The highest BCUT2D eigenvalue weighted by molar-refractivity contribution is 6.30. The van der Waals surface area contributed by atoms with Crippen molar-refractivity contribution in [1.82, 2.24) is 4.90 Å². The van der Waals surface area contributed by atoms with Crippen molar-refractivity contribution < 1.29 is 19.0 Å². The maximum Gasteiger partial charge on any atom is 0.127 e. The zero-order chi connectivity index (χ0) is 19.1. The summed E-state index contributed by atoms with van der Waals surface area (Å²) in [5, 5.41) is 11.1. The van der Waals surface area contributed by atoms with Crippen molar-refractivity contribution in [3.63, 3.8) is 0 Å². The first-order valence-corrected chi connectivity index (χ1v) is 9.62. The van der Waals surface area contributed by atoms with Crippen LogP contribution < -0.4 is 4.74 Å². The molecule has 4 nitrogen and oxygen atoms in total. The molecule has 2 atom stereocenters. The molecule has 0 aliphatic carbocycles. The lowest BCUT2D eigenvalue weighted by molar-refractivity contribution is 0.0310. The minimum Gasteiger partial charge on any atom is -0.491 e. The molecular formula is C21H25ClFNO3. The van der Waals surface area contributed by atoms with Crippen molar-refractivity contribution in [2.45, 2.75) is 31.6 Å². The largest absolute Gasteiger partial charge is 0.491 e. The number of aliphatic hydroxyl groups is 1. The third kappa shape index (κ3) is 6.47. The zero-order valence-electron chi connectivity index (χ0n) is 15.2. The van der Waals surface area contributed by atoms with Gasteiger partial charge in [-0.3, -0.25) is 4.90 Å². The van der Waals surface area contributed by atoms with Gasteiger partial charge >= 0.3 is 0 Å². The van der Waals surface area contributed by atoms with E-state index < -0.39 is 6.10 Å². The van der Waals surface area contributed by atoms with Gasteiger partial charge in [0.05, 0.1) is 6.10 Å². The third-order valence-electron chi connectivity index (χ3n) is 4.56. The van der Waals surface area contributed by atoms with Crippen LogP contribution in [0.15, 0.2) is 48.5 Å². The Morgan fingerprint density at radius 1 is 1.22 bits per heavy atom. The average molecular weight is 394 g/mol. The van der Waals surface area contributed by atoms with Crippen LogP contribution in [-0.2, 0) is 11.3 Å². The molecule has 0 amide bonds. The van der Waals surface area contributed by atoms with E-state index in [2.05, 4.69) is 0 Å². The Kier molecular flexibility index (Phi) is 7.47. The Hall–Kier alpha value is -1.66. The Labute approximate surface area is 164 Å². The van der Waals surface area contributed by atoms with Gasteiger partial charge in [0.2, 0.25) is 0 Å². The highest BCUT2D eigenvalue weighted by Crippen LogP contribution is 2.18. The first-order chi connectivity index (χ1) is 13.1. The Balaban J connectivity index is 1.57. The molecular weight excluding hydrogens is 369 g/mol. The van der Waals surface area contributed by atoms with Gasteiger partial charge in [-0.2, -0.15) is 0 Å². The number of aliphatic hydroxyl groups excluding tert-OH is 1. The van der Waals surface area contributed by atoms with Crippen LogP contribution in [0.1, 0.15) is 18.4 Å². The molecule has 1 saturated heterocycles. The molecule has 1 aliphatic rings. The molecule has 1 heterocycles. The first kappa shape index (κ1) is 20.1. The summed E-state index contributed by atoms with van der Waals surface area (Å²) in [6, 6.07) is 13.7. The van der Waals surface area contributed by atoms with E-state index in [4.69, 9.17) is 21.1 Å². The molecule has 0 unspecified atom stereocenters. The van der Waals surface area contributed by atoms with Gasteiger partial charge in [0.1, 0.15) is 24.3 Å². The molecule has 2 aromatic carbocycles. The zero-order valence-corrected chi connectivity index (χ0v) is 15.9. The number of ether oxygens (including phenoxy) is 2. The van der Waals surface area contributed by atoms with Gasteiger partial charge < -0.3 is 14.6 Å². The molecule has 1 N–H and O–H groups in total. The fourth-order valence-electron chi connectivity index (χ4n) is 3.22. The van der Waals surface area contributed by atoms with E-state index in [-0.39, 0.29) is 18.5 Å². The molecule has 0 saturated carbocycles. The van der Waals surface area contributed by atoms with E-state index in [0.717, 1.165) is 19.4 Å². The van der Waals surface area contributed by atoms with Crippen LogP contribution in [0.5, 0.6) is 5.75 Å². The highest BCUT2D eigenvalue weighted by atomic mass is 35.5. The molecule has 2 aromatic rings. The fourth-order valence-corrected chi connectivity index (χ4v) is 3.35. The van der Waals surface area contributed by atoms with Gasteiger partial charge in [-0.25, -0.2) is 4.39 Å². The Morgan fingerprint density at radius 3 is 2.70 bits per heavy atom. The van der Waals surface area contributed by atoms with E-state index in [9.17, 15) is 9.50 Å². The van der Waals surface area contributed by atoms with Gasteiger partial charge in [0, 0.05) is 36.8 Å². The van der Waals surface area contributed by atoms with E-state index in [1.165, 1.54) is 6.07 Å². The van der Waals surface area contributed by atoms with Crippen molar-refractivity contribution in [3.8, 4) is 5.75 Å². The second kappa shape index (κ2) is 10.0. The number of nitrogens with zero attached hydrogens (tertiary/aromatic N) is 1. The average Bonchev–Trinajstić information content (AvgIpc) is 3.16. The van der Waals surface area contributed by atoms with Crippen LogP contribution in [0.25, 0.3) is 0 Å². The maximum absolute atomic E-state index is 14.0. The van der Waals surface area contributed by atoms with Gasteiger partial charge in [0.25, 0.3) is 0 Å². The van der Waals surface area contributed by atoms with Crippen LogP contribution in [0.4, 0.5) is 4.39 Å². The van der Waals surface area contributed by atoms with Crippen LogP contribution in [0.2, 0.25) is 5.02 Å². The highest BCUT2D eigenvalue weighted by Gasteiger charge is 2.22. The number of halogens is 2. The second-order valence-electron chi connectivity index (χ2n) is 6.84. The van der Waals surface area contributed by atoms with Crippen molar-refractivity contribution in [1.29, 1.82) is 0 Å². The topological polar surface area (TPSA) is 41.9 Å². The van der Waals surface area contributed by atoms with E-state index in [1.807, 2.05) is 11.0 Å². The number of hydrogen-bond donors (Lipinski definition) is 1. The lowest BCUT2D eigenvalue weighted by Gasteiger charge is -2.27. The number of rotatable bonds is 9. The van der Waals surface area contributed by atoms with E-state index >= 15 is 0 Å². The summed E-state index contributed by atoms with van der Waals surface area (Å²) in [6.07, 6.45) is 1.46. The standard InChI is InChI=1S/C21H25ClFNO3/c22-17-7-9-19(10-8-17)27-15-18(25)13-24(14-20-5-3-11-26-20)12-16-4-1-2-6-21(16)23/h1-2,4,6-10,18,20,25H,3,5,11-15H2/t18-,20-/m1/s1. The molecule has 146 valence electrons. The Bertz CT molecular complexity index is 707. The van der Waals surface area contributed by atoms with Crippen molar-refractivity contribution in [3.05, 3.63) is 64.9 Å². The van der Waals surface area contributed by atoms with Crippen molar-refractivity contribution in [2.75, 3.05) is 26.3 Å². The molecule has 3 rings (SSSR count). The summed E-state index contributed by atoms with van der Waals surface area (Å²) in [6.45, 7) is 2.38. The number of benzene rings is 2. The normalized spacial score (nSPS) is 18.0. The molecule has 1 aliphatic heterocycles. The minimum atomic E-state index is -0.700. The quantitative estimate of drug-likeness (QED) is 0.701. The van der Waals surface area contributed by atoms with E-state index in [0.29, 0.717) is 36.0 Å². The summed E-state index contributed by atoms with van der Waals surface area (Å²) in [5.41, 5.74) is 0.612. The summed E-state index contributed by atoms with van der Waals surface area (Å²) >= 11 is 5.86. The van der Waals surface area contributed by atoms with Crippen LogP contribution in [-0.4, -0.2) is 48.5 Å². The molecule has 27 heavy (non-hydrogen) atoms. The summed E-state index contributed by atoms with van der Waals surface area (Å²) in [5.74, 6) is 0.417. The van der Waals surface area contributed by atoms with Crippen molar-refractivity contribution >= 4 is 11.6 Å². The lowest BCUT2D eigenvalue weighted by atomic mass is 10.1. The number of hydrogen-bond acceptors (Lipinski definition) is 4. The fraction of sp³-hybridized carbons (Fsp3) is 0.429. The monoisotopic (exact) mass is 393 g/mol. The minimum absolute atomic E-state index is 0.126. The molecule has 1 fully saturated rings. The van der Waals surface area contributed by atoms with E-state index in [1.54, 1.807) is 36.4 Å². The predicted molar refractivity (Wildman–Crippen MR) is 104 cm³/mol. The van der Waals surface area contributed by atoms with Crippen molar-refractivity contribution in [2.24, 2.45) is 0 Å². The van der Waals surface area contributed by atoms with Gasteiger partial charge in [-0.05, 0) is 43.2 Å². The molecule has 6 heteroatoms. The third-order valence-corrected chi connectivity index (χ3v) is 4.81. The van der Waals surface area contributed by atoms with Gasteiger partial charge in [-0.15, -0.1) is 0 Å². The van der Waals surface area contributed by atoms with Crippen LogP contribution in [0.3, 0.4) is 0 Å². The Morgan fingerprint density at radius 2 is 2.00 bits per heavy atom. The predicted octanol–water partition coefficient (Wildman–Crippen LogP) is 3.90. The summed E-state index contributed by atoms with van der Waals surface area (Å²) < 4.78 is 25.4. The molecule has 0 radical (unpaired) electrons. The molecule has 0 spiro atoms. The second-order valence-corrected chi connectivity index (χ2v) is 7.28.